The van der Waals surface area contributed by atoms with Crippen molar-refractivity contribution in [2.24, 2.45) is 0 Å². The van der Waals surface area contributed by atoms with Gasteiger partial charge in [0.15, 0.2) is 0 Å². The Bertz CT molecular complexity index is 1270. The number of fused-ring (bicyclic) bond motifs is 2. The number of para-hydroxylation sites is 1. The SMILES string of the molecule is O=C(c1cccc(CN2C(=O)[C@]3(CC3c3ccc(Cl)cc3)c3ccccc32)c1)N1CCOCC1. The number of anilines is 1. The van der Waals surface area contributed by atoms with Crippen LogP contribution in [0.25, 0.3) is 0 Å². The second kappa shape index (κ2) is 8.26. The Morgan fingerprint density at radius 2 is 1.76 bits per heavy atom. The molecule has 2 fully saturated rings. The lowest BCUT2D eigenvalue weighted by molar-refractivity contribution is -0.120. The van der Waals surface area contributed by atoms with Crippen molar-refractivity contribution in [1.82, 2.24) is 4.90 Å². The van der Waals surface area contributed by atoms with Gasteiger partial charge in [-0.25, -0.2) is 0 Å². The first-order chi connectivity index (χ1) is 16.6. The summed E-state index contributed by atoms with van der Waals surface area (Å²) in [7, 11) is 0. The molecule has 2 amide bonds. The van der Waals surface area contributed by atoms with Crippen molar-refractivity contribution in [1.29, 1.82) is 0 Å². The van der Waals surface area contributed by atoms with Crippen LogP contribution in [0.4, 0.5) is 5.69 Å². The predicted octanol–water partition coefficient (Wildman–Crippen LogP) is 4.78. The van der Waals surface area contributed by atoms with Crippen LogP contribution >= 0.6 is 11.6 Å². The van der Waals surface area contributed by atoms with E-state index in [-0.39, 0.29) is 17.7 Å². The Labute approximate surface area is 203 Å². The highest BCUT2D eigenvalue weighted by molar-refractivity contribution is 6.30. The molecule has 0 aromatic heterocycles. The smallest absolute Gasteiger partial charge is 0.254 e. The Kier molecular flexibility index (Phi) is 5.19. The summed E-state index contributed by atoms with van der Waals surface area (Å²) in [5, 5.41) is 0.699. The van der Waals surface area contributed by atoms with Crippen LogP contribution in [0.1, 0.15) is 39.4 Å². The monoisotopic (exact) mass is 472 g/mol. The van der Waals surface area contributed by atoms with E-state index in [2.05, 4.69) is 6.07 Å². The summed E-state index contributed by atoms with van der Waals surface area (Å²) in [6.45, 7) is 2.79. The average molecular weight is 473 g/mol. The normalized spacial score (nSPS) is 23.3. The van der Waals surface area contributed by atoms with Gasteiger partial charge in [-0.15, -0.1) is 0 Å². The third kappa shape index (κ3) is 3.42. The minimum atomic E-state index is -0.508. The van der Waals surface area contributed by atoms with Gasteiger partial charge in [-0.05, 0) is 53.4 Å². The van der Waals surface area contributed by atoms with Crippen LogP contribution in [0, 0.1) is 0 Å². The van der Waals surface area contributed by atoms with Gasteiger partial charge >= 0.3 is 0 Å². The maximum absolute atomic E-state index is 13.9. The molecule has 1 saturated carbocycles. The van der Waals surface area contributed by atoms with Gasteiger partial charge in [-0.1, -0.05) is 54.1 Å². The largest absolute Gasteiger partial charge is 0.378 e. The second-order valence-electron chi connectivity index (χ2n) is 9.29. The van der Waals surface area contributed by atoms with Crippen molar-refractivity contribution in [2.75, 3.05) is 31.2 Å². The van der Waals surface area contributed by atoms with Crippen LogP contribution in [0.2, 0.25) is 5.02 Å². The number of nitrogens with zero attached hydrogens (tertiary/aromatic N) is 2. The fraction of sp³-hybridized carbons (Fsp3) is 0.286. The van der Waals surface area contributed by atoms with E-state index in [1.54, 1.807) is 0 Å². The molecule has 3 aromatic rings. The van der Waals surface area contributed by atoms with Crippen molar-refractivity contribution in [3.8, 4) is 0 Å². The predicted molar refractivity (Wildman–Crippen MR) is 131 cm³/mol. The highest BCUT2D eigenvalue weighted by Crippen LogP contribution is 2.66. The highest BCUT2D eigenvalue weighted by atomic mass is 35.5. The molecule has 6 heteroatoms. The van der Waals surface area contributed by atoms with Crippen LogP contribution in [0.15, 0.2) is 72.8 Å². The van der Waals surface area contributed by atoms with Gasteiger partial charge in [-0.3, -0.25) is 9.59 Å². The number of halogens is 1. The van der Waals surface area contributed by atoms with E-state index in [1.165, 1.54) is 0 Å². The zero-order valence-corrected chi connectivity index (χ0v) is 19.5. The lowest BCUT2D eigenvalue weighted by atomic mass is 9.92. The fourth-order valence-corrected chi connectivity index (χ4v) is 5.66. The van der Waals surface area contributed by atoms with Gasteiger partial charge in [-0.2, -0.15) is 0 Å². The fourth-order valence-electron chi connectivity index (χ4n) is 5.54. The molecule has 3 aliphatic rings. The average Bonchev–Trinajstić information content (AvgIpc) is 3.59. The van der Waals surface area contributed by atoms with Gasteiger partial charge in [0, 0.05) is 35.3 Å². The maximum atomic E-state index is 13.9. The third-order valence-corrected chi connectivity index (χ3v) is 7.60. The van der Waals surface area contributed by atoms with Gasteiger partial charge in [0.25, 0.3) is 5.91 Å². The molecule has 1 spiro atoms. The van der Waals surface area contributed by atoms with E-state index >= 15 is 0 Å². The summed E-state index contributed by atoms with van der Waals surface area (Å²) in [5.41, 5.74) is 4.30. The lowest BCUT2D eigenvalue weighted by Gasteiger charge is -2.27. The van der Waals surface area contributed by atoms with Crippen LogP contribution in [-0.2, 0) is 21.5 Å². The van der Waals surface area contributed by atoms with E-state index in [0.29, 0.717) is 43.4 Å². The first kappa shape index (κ1) is 21.4. The molecular formula is C28H25ClN2O3. The number of morpholine rings is 1. The van der Waals surface area contributed by atoms with Gasteiger partial charge < -0.3 is 14.5 Å². The summed E-state index contributed by atoms with van der Waals surface area (Å²) in [4.78, 5) is 30.6. The summed E-state index contributed by atoms with van der Waals surface area (Å²) >= 11 is 6.09. The molecule has 2 atom stereocenters. The summed E-state index contributed by atoms with van der Waals surface area (Å²) in [6, 6.07) is 23.6. The zero-order chi connectivity index (χ0) is 23.3. The minimum Gasteiger partial charge on any atom is -0.378 e. The zero-order valence-electron chi connectivity index (χ0n) is 18.7. The summed E-state index contributed by atoms with van der Waals surface area (Å²) < 4.78 is 5.37. The Morgan fingerprint density at radius 1 is 1.00 bits per heavy atom. The number of carbonyl (C=O) groups excluding carboxylic acids is 2. The topological polar surface area (TPSA) is 49.9 Å². The molecule has 1 unspecified atom stereocenters. The number of ether oxygens (including phenoxy) is 1. The molecule has 34 heavy (non-hydrogen) atoms. The molecule has 1 saturated heterocycles. The second-order valence-corrected chi connectivity index (χ2v) is 9.73. The molecule has 2 heterocycles. The molecule has 5 nitrogen and oxygen atoms in total. The van der Waals surface area contributed by atoms with E-state index in [4.69, 9.17) is 16.3 Å². The standard InChI is InChI=1S/C28H25ClN2O3/c29-22-10-8-20(9-11-22)24-17-28(24)23-6-1-2-7-25(23)31(27(28)33)18-19-4-3-5-21(16-19)26(32)30-12-14-34-15-13-30/h1-11,16,24H,12-15,17-18H2/t24?,28-/m1/s1. The molecule has 0 N–H and O–H groups in total. The van der Waals surface area contributed by atoms with Crippen molar-refractivity contribution < 1.29 is 14.3 Å². The number of hydrogen-bond donors (Lipinski definition) is 0. The maximum Gasteiger partial charge on any atom is 0.254 e. The highest BCUT2D eigenvalue weighted by Gasteiger charge is 2.67. The van der Waals surface area contributed by atoms with Crippen molar-refractivity contribution in [2.45, 2.75) is 24.3 Å². The molecule has 3 aromatic carbocycles. The summed E-state index contributed by atoms with van der Waals surface area (Å²) in [5.74, 6) is 0.302. The van der Waals surface area contributed by atoms with E-state index in [1.807, 2.05) is 76.5 Å². The summed E-state index contributed by atoms with van der Waals surface area (Å²) in [6.07, 6.45) is 0.802. The van der Waals surface area contributed by atoms with Crippen LogP contribution in [0.3, 0.4) is 0 Å². The minimum absolute atomic E-state index is 0.0137. The third-order valence-electron chi connectivity index (χ3n) is 7.35. The number of rotatable bonds is 4. The van der Waals surface area contributed by atoms with Crippen molar-refractivity contribution in [3.63, 3.8) is 0 Å². The molecule has 6 rings (SSSR count). The quantitative estimate of drug-likeness (QED) is 0.549. The van der Waals surface area contributed by atoms with Crippen LogP contribution < -0.4 is 4.90 Å². The molecule has 172 valence electrons. The number of benzene rings is 3. The molecule has 2 aliphatic heterocycles. The number of carbonyl (C=O) groups is 2. The molecular weight excluding hydrogens is 448 g/mol. The Balaban J connectivity index is 1.28. The molecule has 0 bridgehead atoms. The number of hydrogen-bond acceptors (Lipinski definition) is 3. The van der Waals surface area contributed by atoms with Gasteiger partial charge in [0.2, 0.25) is 5.91 Å². The van der Waals surface area contributed by atoms with E-state index in [0.717, 1.165) is 28.8 Å². The molecule has 0 radical (unpaired) electrons. The first-order valence-electron chi connectivity index (χ1n) is 11.7. The number of amides is 2. The van der Waals surface area contributed by atoms with Crippen LogP contribution in [-0.4, -0.2) is 43.0 Å². The van der Waals surface area contributed by atoms with E-state index < -0.39 is 5.41 Å². The first-order valence-corrected chi connectivity index (χ1v) is 12.1. The Morgan fingerprint density at radius 3 is 2.56 bits per heavy atom. The van der Waals surface area contributed by atoms with Gasteiger partial charge in [0.05, 0.1) is 25.2 Å². The van der Waals surface area contributed by atoms with E-state index in [9.17, 15) is 9.59 Å². The lowest BCUT2D eigenvalue weighted by Crippen LogP contribution is -2.40. The van der Waals surface area contributed by atoms with Crippen molar-refractivity contribution in [3.05, 3.63) is 100 Å². The molecule has 1 aliphatic carbocycles. The van der Waals surface area contributed by atoms with Crippen molar-refractivity contribution >= 4 is 29.1 Å². The Hall–Kier alpha value is -3.15. The van der Waals surface area contributed by atoms with Crippen LogP contribution in [0.5, 0.6) is 0 Å². The van der Waals surface area contributed by atoms with Gasteiger partial charge in [0.1, 0.15) is 0 Å².